The van der Waals surface area contributed by atoms with Gasteiger partial charge in [-0.1, -0.05) is 17.8 Å². The van der Waals surface area contributed by atoms with Crippen molar-refractivity contribution in [1.82, 2.24) is 25.1 Å². The molecule has 0 spiro atoms. The molecule has 1 saturated carbocycles. The molecule has 1 amide bonds. The number of pyridine rings is 1. The number of hydrogen-bond donors (Lipinski definition) is 1. The normalized spacial score (nSPS) is 15.2. The van der Waals surface area contributed by atoms with E-state index in [2.05, 4.69) is 31.6 Å². The minimum absolute atomic E-state index is 0.0225. The molecule has 7 heteroatoms. The van der Waals surface area contributed by atoms with Crippen LogP contribution in [0.1, 0.15) is 25.8 Å². The third kappa shape index (κ3) is 3.61. The van der Waals surface area contributed by atoms with Crippen molar-refractivity contribution in [2.75, 3.05) is 6.54 Å². The monoisotopic (exact) mass is 329 g/mol. The first-order chi connectivity index (χ1) is 11.2. The van der Waals surface area contributed by atoms with E-state index in [0.717, 1.165) is 29.4 Å². The number of nitrogens with one attached hydrogen (secondary N) is 1. The van der Waals surface area contributed by atoms with Crippen molar-refractivity contribution in [1.29, 1.82) is 0 Å². The lowest BCUT2D eigenvalue weighted by Gasteiger charge is -2.12. The smallest absolute Gasteiger partial charge is 0.233 e. The number of nitrogens with zero attached hydrogens (tertiary/aromatic N) is 4. The van der Waals surface area contributed by atoms with Crippen molar-refractivity contribution >= 4 is 17.7 Å². The Morgan fingerprint density at radius 3 is 2.87 bits per heavy atom. The third-order valence-corrected chi connectivity index (χ3v) is 4.64. The van der Waals surface area contributed by atoms with Gasteiger partial charge in [-0.3, -0.25) is 14.3 Å². The molecule has 0 bridgehead atoms. The van der Waals surface area contributed by atoms with Crippen molar-refractivity contribution in [3.8, 4) is 11.4 Å². The highest BCUT2D eigenvalue weighted by Gasteiger charge is 2.31. The summed E-state index contributed by atoms with van der Waals surface area (Å²) in [5, 5.41) is 12.0. The minimum atomic E-state index is -0.234. The molecule has 120 valence electrons. The molecule has 1 atom stereocenters. The highest BCUT2D eigenvalue weighted by atomic mass is 32.2. The van der Waals surface area contributed by atoms with Crippen LogP contribution in [-0.4, -0.2) is 37.5 Å². The van der Waals surface area contributed by atoms with Crippen LogP contribution >= 0.6 is 11.8 Å². The van der Waals surface area contributed by atoms with Gasteiger partial charge in [0.05, 0.1) is 5.25 Å². The Morgan fingerprint density at radius 1 is 1.48 bits per heavy atom. The lowest BCUT2D eigenvalue weighted by molar-refractivity contribution is -0.120. The number of aromatic nitrogens is 4. The van der Waals surface area contributed by atoms with E-state index >= 15 is 0 Å². The van der Waals surface area contributed by atoms with Crippen molar-refractivity contribution in [3.63, 3.8) is 0 Å². The van der Waals surface area contributed by atoms with E-state index < -0.39 is 0 Å². The van der Waals surface area contributed by atoms with Gasteiger partial charge in [-0.05, 0) is 31.9 Å². The van der Waals surface area contributed by atoms with Gasteiger partial charge in [0.2, 0.25) is 5.91 Å². The Kier molecular flexibility index (Phi) is 4.76. The molecule has 2 aromatic rings. The summed E-state index contributed by atoms with van der Waals surface area (Å²) in [7, 11) is 0. The predicted octanol–water partition coefficient (Wildman–Crippen LogP) is 2.46. The van der Waals surface area contributed by atoms with E-state index in [4.69, 9.17) is 0 Å². The summed E-state index contributed by atoms with van der Waals surface area (Å²) in [6.07, 6.45) is 7.42. The summed E-state index contributed by atoms with van der Waals surface area (Å²) >= 11 is 1.44. The van der Waals surface area contributed by atoms with E-state index in [-0.39, 0.29) is 11.2 Å². The van der Waals surface area contributed by atoms with Gasteiger partial charge in [-0.2, -0.15) is 0 Å². The minimum Gasteiger partial charge on any atom is -0.352 e. The van der Waals surface area contributed by atoms with Crippen LogP contribution in [0.5, 0.6) is 0 Å². The molecule has 0 radical (unpaired) electrons. The Bertz CT molecular complexity index is 696. The molecule has 1 fully saturated rings. The number of carbonyl (C=O) groups excluding carboxylic acids is 1. The lowest BCUT2D eigenvalue weighted by Crippen LogP contribution is -2.31. The number of hydrogen-bond acceptors (Lipinski definition) is 5. The van der Waals surface area contributed by atoms with Crippen LogP contribution in [0.4, 0.5) is 0 Å². The fourth-order valence-corrected chi connectivity index (χ4v) is 3.19. The number of thioether (sulfide) groups is 1. The number of rotatable bonds is 7. The van der Waals surface area contributed by atoms with Gasteiger partial charge in [-0.25, -0.2) is 0 Å². The van der Waals surface area contributed by atoms with Gasteiger partial charge < -0.3 is 5.32 Å². The van der Waals surface area contributed by atoms with Crippen LogP contribution in [0.3, 0.4) is 0 Å². The highest BCUT2D eigenvalue weighted by molar-refractivity contribution is 8.00. The zero-order valence-corrected chi connectivity index (χ0v) is 13.8. The Hall–Kier alpha value is -2.15. The Labute approximate surface area is 139 Å². The summed E-state index contributed by atoms with van der Waals surface area (Å²) in [6.45, 7) is 5.96. The number of amides is 1. The molecule has 6 nitrogen and oxygen atoms in total. The quantitative estimate of drug-likeness (QED) is 0.624. The van der Waals surface area contributed by atoms with Crippen molar-refractivity contribution in [3.05, 3.63) is 37.2 Å². The largest absolute Gasteiger partial charge is 0.352 e. The second kappa shape index (κ2) is 6.95. The second-order valence-electron chi connectivity index (χ2n) is 5.44. The molecule has 1 aliphatic carbocycles. The summed E-state index contributed by atoms with van der Waals surface area (Å²) in [5.41, 5.74) is 0.995. The first-order valence-corrected chi connectivity index (χ1v) is 8.49. The van der Waals surface area contributed by atoms with E-state index in [1.165, 1.54) is 11.8 Å². The van der Waals surface area contributed by atoms with Gasteiger partial charge in [0.25, 0.3) is 0 Å². The molecular formula is C16H19N5OS. The third-order valence-electron chi connectivity index (χ3n) is 3.59. The maximum Gasteiger partial charge on any atom is 0.233 e. The first-order valence-electron chi connectivity index (χ1n) is 7.61. The van der Waals surface area contributed by atoms with Gasteiger partial charge in [0, 0.05) is 30.5 Å². The SMILES string of the molecule is C=CCNC(=O)[C@@H](C)Sc1nnc(-c2ccncc2)n1C1CC1. The van der Waals surface area contributed by atoms with E-state index in [1.807, 2.05) is 19.1 Å². The average Bonchev–Trinajstić information content (AvgIpc) is 3.34. The van der Waals surface area contributed by atoms with E-state index in [9.17, 15) is 4.79 Å². The molecule has 0 saturated heterocycles. The van der Waals surface area contributed by atoms with Crippen LogP contribution in [-0.2, 0) is 4.79 Å². The maximum absolute atomic E-state index is 12.0. The van der Waals surface area contributed by atoms with Gasteiger partial charge >= 0.3 is 0 Å². The van der Waals surface area contributed by atoms with Crippen LogP contribution in [0.2, 0.25) is 0 Å². The first kappa shape index (κ1) is 15.7. The van der Waals surface area contributed by atoms with E-state index in [1.54, 1.807) is 18.5 Å². The fourth-order valence-electron chi connectivity index (χ4n) is 2.25. The van der Waals surface area contributed by atoms with Crippen molar-refractivity contribution in [2.24, 2.45) is 0 Å². The molecule has 1 aliphatic rings. The molecule has 0 aliphatic heterocycles. The molecule has 3 rings (SSSR count). The molecule has 1 N–H and O–H groups in total. The summed E-state index contributed by atoms with van der Waals surface area (Å²) in [5.74, 6) is 0.821. The molecule has 2 aromatic heterocycles. The fraction of sp³-hybridized carbons (Fsp3) is 0.375. The van der Waals surface area contributed by atoms with Crippen molar-refractivity contribution < 1.29 is 4.79 Å². The molecule has 0 unspecified atom stereocenters. The Balaban J connectivity index is 1.82. The summed E-state index contributed by atoms with van der Waals surface area (Å²) in [6, 6.07) is 4.29. The van der Waals surface area contributed by atoms with Gasteiger partial charge in [0.1, 0.15) is 0 Å². The highest BCUT2D eigenvalue weighted by Crippen LogP contribution is 2.41. The topological polar surface area (TPSA) is 72.7 Å². The van der Waals surface area contributed by atoms with Crippen LogP contribution in [0, 0.1) is 0 Å². The van der Waals surface area contributed by atoms with Crippen molar-refractivity contribution in [2.45, 2.75) is 36.2 Å². The molecule has 23 heavy (non-hydrogen) atoms. The summed E-state index contributed by atoms with van der Waals surface area (Å²) in [4.78, 5) is 16.1. The van der Waals surface area contributed by atoms with Crippen LogP contribution in [0.25, 0.3) is 11.4 Å². The standard InChI is InChI=1S/C16H19N5OS/c1-3-8-18-15(22)11(2)23-16-20-19-14(21(16)13-4-5-13)12-6-9-17-10-7-12/h3,6-7,9-11,13H,1,4-5,8H2,2H3,(H,18,22)/t11-/m1/s1. The zero-order valence-electron chi connectivity index (χ0n) is 13.0. The van der Waals surface area contributed by atoms with Crippen LogP contribution in [0.15, 0.2) is 42.3 Å². The second-order valence-corrected chi connectivity index (χ2v) is 6.75. The molecular weight excluding hydrogens is 310 g/mol. The molecule has 0 aromatic carbocycles. The number of carbonyl (C=O) groups is 1. The predicted molar refractivity (Wildman–Crippen MR) is 90.0 cm³/mol. The lowest BCUT2D eigenvalue weighted by atomic mass is 10.2. The average molecular weight is 329 g/mol. The maximum atomic E-state index is 12.0. The summed E-state index contributed by atoms with van der Waals surface area (Å²) < 4.78 is 2.15. The Morgan fingerprint density at radius 2 is 2.22 bits per heavy atom. The molecule has 2 heterocycles. The van der Waals surface area contributed by atoms with Crippen LogP contribution < -0.4 is 5.32 Å². The zero-order chi connectivity index (χ0) is 16.2. The van der Waals surface area contributed by atoms with Gasteiger partial charge in [-0.15, -0.1) is 16.8 Å². The van der Waals surface area contributed by atoms with E-state index in [0.29, 0.717) is 12.6 Å². The van der Waals surface area contributed by atoms with Gasteiger partial charge in [0.15, 0.2) is 11.0 Å².